The Labute approximate surface area is 251 Å². The van der Waals surface area contributed by atoms with E-state index in [9.17, 15) is 9.59 Å². The van der Waals surface area contributed by atoms with Gasteiger partial charge in [-0.05, 0) is 47.2 Å². The van der Waals surface area contributed by atoms with Gasteiger partial charge in [0.2, 0.25) is 11.8 Å². The van der Waals surface area contributed by atoms with Gasteiger partial charge >= 0.3 is 0 Å². The van der Waals surface area contributed by atoms with Gasteiger partial charge in [0, 0.05) is 35.8 Å². The zero-order valence-electron chi connectivity index (χ0n) is 23.3. The summed E-state index contributed by atoms with van der Waals surface area (Å²) in [6.45, 7) is 0.359. The lowest BCUT2D eigenvalue weighted by atomic mass is 9.87. The molecule has 1 atom stereocenters. The van der Waals surface area contributed by atoms with Gasteiger partial charge in [-0.2, -0.15) is 0 Å². The number of halogens is 1. The Morgan fingerprint density at radius 2 is 1.27 bits per heavy atom. The summed E-state index contributed by atoms with van der Waals surface area (Å²) >= 11 is 3.53. The highest BCUT2D eigenvalue weighted by atomic mass is 79.9. The number of hydrogen-bond acceptors (Lipinski definition) is 2. The number of amides is 2. The lowest BCUT2D eigenvalue weighted by Gasteiger charge is -2.33. The van der Waals surface area contributed by atoms with Crippen LogP contribution in [0.5, 0.6) is 0 Å². The van der Waals surface area contributed by atoms with Crippen molar-refractivity contribution in [3.8, 4) is 0 Å². The molecular weight excluding hydrogens is 572 g/mol. The monoisotopic (exact) mass is 608 g/mol. The number of carbonyl (C=O) groups excluding carboxylic acids is 2. The van der Waals surface area contributed by atoms with Gasteiger partial charge in [-0.25, -0.2) is 0 Å². The first-order valence-corrected chi connectivity index (χ1v) is 15.3. The van der Waals surface area contributed by atoms with E-state index < -0.39 is 6.04 Å². The third-order valence-electron chi connectivity index (χ3n) is 8.02. The van der Waals surface area contributed by atoms with Crippen molar-refractivity contribution < 1.29 is 9.59 Å². The summed E-state index contributed by atoms with van der Waals surface area (Å²) in [5.74, 6) is -0.220. The molecule has 1 saturated carbocycles. The fraction of sp³-hybridized carbons (Fsp3) is 0.278. The Morgan fingerprint density at radius 3 is 1.83 bits per heavy atom. The van der Waals surface area contributed by atoms with E-state index in [2.05, 4.69) is 45.5 Å². The first kappa shape index (κ1) is 28.8. The van der Waals surface area contributed by atoms with Crippen molar-refractivity contribution in [1.29, 1.82) is 0 Å². The molecule has 5 heteroatoms. The van der Waals surface area contributed by atoms with Crippen LogP contribution >= 0.6 is 15.9 Å². The smallest absolute Gasteiger partial charge is 0.243 e. The fourth-order valence-corrected chi connectivity index (χ4v) is 6.06. The van der Waals surface area contributed by atoms with E-state index >= 15 is 0 Å². The molecule has 0 aliphatic heterocycles. The van der Waals surface area contributed by atoms with Crippen LogP contribution in [0.4, 0.5) is 0 Å². The van der Waals surface area contributed by atoms with Crippen molar-refractivity contribution in [2.45, 2.75) is 63.1 Å². The zero-order valence-corrected chi connectivity index (χ0v) is 24.9. The number of hydrogen-bond donors (Lipinski definition) is 1. The maximum Gasteiger partial charge on any atom is 0.243 e. The number of rotatable bonds is 11. The summed E-state index contributed by atoms with van der Waals surface area (Å²) in [6, 6.07) is 38.0. The Morgan fingerprint density at radius 1 is 0.732 bits per heavy atom. The van der Waals surface area contributed by atoms with Crippen LogP contribution < -0.4 is 5.32 Å². The minimum Gasteiger partial charge on any atom is -0.352 e. The van der Waals surface area contributed by atoms with Crippen molar-refractivity contribution in [2.75, 3.05) is 0 Å². The third-order valence-corrected chi connectivity index (χ3v) is 8.55. The van der Waals surface area contributed by atoms with E-state index in [1.807, 2.05) is 95.9 Å². The van der Waals surface area contributed by atoms with Crippen LogP contribution in [0.15, 0.2) is 120 Å². The van der Waals surface area contributed by atoms with Crippen LogP contribution in [-0.2, 0) is 22.6 Å². The molecule has 4 nitrogen and oxygen atoms in total. The van der Waals surface area contributed by atoms with Gasteiger partial charge in [-0.15, -0.1) is 0 Å². The summed E-state index contributed by atoms with van der Waals surface area (Å²) < 4.78 is 0.979. The van der Waals surface area contributed by atoms with Crippen LogP contribution in [0.25, 0.3) is 0 Å². The van der Waals surface area contributed by atoms with E-state index in [-0.39, 0.29) is 30.2 Å². The Kier molecular flexibility index (Phi) is 10.0. The van der Waals surface area contributed by atoms with E-state index in [1.54, 1.807) is 0 Å². The van der Waals surface area contributed by atoms with Gasteiger partial charge in [-0.3, -0.25) is 9.59 Å². The molecule has 1 fully saturated rings. The summed E-state index contributed by atoms with van der Waals surface area (Å²) in [7, 11) is 0. The highest BCUT2D eigenvalue weighted by molar-refractivity contribution is 9.10. The molecule has 0 radical (unpaired) electrons. The molecule has 0 bridgehead atoms. The van der Waals surface area contributed by atoms with E-state index in [0.29, 0.717) is 13.0 Å². The molecule has 0 heterocycles. The normalized spacial score (nSPS) is 14.1. The van der Waals surface area contributed by atoms with Gasteiger partial charge < -0.3 is 10.2 Å². The lowest BCUT2D eigenvalue weighted by molar-refractivity contribution is -0.141. The number of nitrogens with zero attached hydrogens (tertiary/aromatic N) is 1. The highest BCUT2D eigenvalue weighted by Crippen LogP contribution is 2.30. The minimum atomic E-state index is -0.624. The van der Waals surface area contributed by atoms with Crippen LogP contribution in [0, 0.1) is 0 Å². The van der Waals surface area contributed by atoms with Gasteiger partial charge in [0.05, 0.1) is 0 Å². The summed E-state index contributed by atoms with van der Waals surface area (Å²) in [4.78, 5) is 30.3. The quantitative estimate of drug-likeness (QED) is 0.190. The highest BCUT2D eigenvalue weighted by Gasteiger charge is 2.33. The molecule has 210 valence electrons. The average Bonchev–Trinajstić information content (AvgIpc) is 3.53. The molecule has 41 heavy (non-hydrogen) atoms. The molecule has 4 aromatic rings. The Bertz CT molecular complexity index is 1350. The van der Waals surface area contributed by atoms with E-state index in [1.165, 1.54) is 0 Å². The summed E-state index contributed by atoms with van der Waals surface area (Å²) in [6.07, 6.45) is 4.98. The number of benzene rings is 4. The van der Waals surface area contributed by atoms with E-state index in [0.717, 1.165) is 52.4 Å². The van der Waals surface area contributed by atoms with Crippen molar-refractivity contribution in [3.63, 3.8) is 0 Å². The van der Waals surface area contributed by atoms with Gasteiger partial charge in [0.15, 0.2) is 0 Å². The first-order valence-electron chi connectivity index (χ1n) is 14.5. The molecular formula is C36H37BrN2O2. The Hall–Kier alpha value is -3.70. The van der Waals surface area contributed by atoms with Crippen LogP contribution in [0.3, 0.4) is 0 Å². The lowest BCUT2D eigenvalue weighted by Crippen LogP contribution is -2.52. The molecule has 1 aliphatic carbocycles. The largest absolute Gasteiger partial charge is 0.352 e. The molecule has 2 amide bonds. The predicted molar refractivity (Wildman–Crippen MR) is 168 cm³/mol. The molecule has 1 aliphatic rings. The molecule has 0 spiro atoms. The van der Waals surface area contributed by atoms with Crippen LogP contribution in [0.1, 0.15) is 60.3 Å². The zero-order chi connectivity index (χ0) is 28.4. The summed E-state index contributed by atoms with van der Waals surface area (Å²) in [5, 5.41) is 3.31. The van der Waals surface area contributed by atoms with Crippen molar-refractivity contribution >= 4 is 27.7 Å². The number of carbonyl (C=O) groups is 2. The fourth-order valence-electron chi connectivity index (χ4n) is 5.80. The second-order valence-corrected chi connectivity index (χ2v) is 11.8. The summed E-state index contributed by atoms with van der Waals surface area (Å²) in [5.41, 5.74) is 4.20. The van der Waals surface area contributed by atoms with Gasteiger partial charge in [0.1, 0.15) is 6.04 Å². The SMILES string of the molecule is O=C(NC1CCCC1)[C@H](Cc1ccccc1)N(Cc1ccc(Br)cc1)C(=O)CC(c1ccccc1)c1ccccc1. The van der Waals surface area contributed by atoms with Gasteiger partial charge in [0.25, 0.3) is 0 Å². The first-order chi connectivity index (χ1) is 20.1. The third kappa shape index (κ3) is 7.95. The maximum atomic E-state index is 14.5. The van der Waals surface area contributed by atoms with Crippen LogP contribution in [-0.4, -0.2) is 28.8 Å². The standard InChI is InChI=1S/C36H37BrN2O2/c37-31-22-20-28(21-23-31)26-39(34(24-27-12-4-1-5-13-27)36(41)38-32-18-10-11-19-32)35(40)25-33(29-14-6-2-7-15-29)30-16-8-3-9-17-30/h1-9,12-17,20-23,32-34H,10-11,18-19,24-26H2,(H,38,41)/t34-/m0/s1. The van der Waals surface area contributed by atoms with Gasteiger partial charge in [-0.1, -0.05) is 132 Å². The topological polar surface area (TPSA) is 49.4 Å². The van der Waals surface area contributed by atoms with Crippen molar-refractivity contribution in [2.24, 2.45) is 0 Å². The predicted octanol–water partition coefficient (Wildman–Crippen LogP) is 7.67. The molecule has 0 unspecified atom stereocenters. The average molecular weight is 610 g/mol. The van der Waals surface area contributed by atoms with Crippen molar-refractivity contribution in [1.82, 2.24) is 10.2 Å². The van der Waals surface area contributed by atoms with Crippen LogP contribution in [0.2, 0.25) is 0 Å². The molecule has 0 aromatic heterocycles. The molecule has 0 saturated heterocycles. The molecule has 1 N–H and O–H groups in total. The maximum absolute atomic E-state index is 14.5. The Balaban J connectivity index is 1.50. The number of nitrogens with one attached hydrogen (secondary N) is 1. The molecule has 5 rings (SSSR count). The van der Waals surface area contributed by atoms with E-state index in [4.69, 9.17) is 0 Å². The second kappa shape index (κ2) is 14.3. The second-order valence-electron chi connectivity index (χ2n) is 10.9. The van der Waals surface area contributed by atoms with Crippen molar-refractivity contribution in [3.05, 3.63) is 142 Å². The minimum absolute atomic E-state index is 0.0341. The molecule has 4 aromatic carbocycles.